The normalized spacial score (nSPS) is 14.2. The SMILES string of the molecule is COc1cc(OC)nc(CN2CCN(C(=O)c3ccc4cncc(-c5cc6ccccc6o5)c4n3)CC2)n1. The number of pyridine rings is 2. The molecule has 0 saturated carbocycles. The number of aromatic nitrogens is 4. The highest BCUT2D eigenvalue weighted by molar-refractivity contribution is 5.99. The first kappa shape index (κ1) is 23.8. The minimum absolute atomic E-state index is 0.0989. The Labute approximate surface area is 218 Å². The molecule has 1 fully saturated rings. The van der Waals surface area contributed by atoms with E-state index >= 15 is 0 Å². The van der Waals surface area contributed by atoms with Crippen molar-refractivity contribution in [1.29, 1.82) is 0 Å². The van der Waals surface area contributed by atoms with Crippen molar-refractivity contribution in [1.82, 2.24) is 29.7 Å². The fourth-order valence-electron chi connectivity index (χ4n) is 4.66. The monoisotopic (exact) mass is 510 g/mol. The molecule has 10 heteroatoms. The van der Waals surface area contributed by atoms with E-state index in [1.54, 1.807) is 38.7 Å². The van der Waals surface area contributed by atoms with E-state index in [1.807, 2.05) is 41.3 Å². The van der Waals surface area contributed by atoms with Crippen molar-refractivity contribution in [2.75, 3.05) is 40.4 Å². The predicted octanol–water partition coefficient (Wildman–Crippen LogP) is 3.81. The van der Waals surface area contributed by atoms with E-state index in [-0.39, 0.29) is 5.91 Å². The highest BCUT2D eigenvalue weighted by Crippen LogP contribution is 2.31. The molecule has 0 unspecified atom stereocenters. The average molecular weight is 511 g/mol. The van der Waals surface area contributed by atoms with Gasteiger partial charge in [0.05, 0.1) is 37.9 Å². The Morgan fingerprint density at radius 2 is 1.66 bits per heavy atom. The molecular weight excluding hydrogens is 484 g/mol. The number of benzene rings is 1. The number of hydrogen-bond donors (Lipinski definition) is 0. The lowest BCUT2D eigenvalue weighted by Crippen LogP contribution is -2.48. The van der Waals surface area contributed by atoms with Crippen molar-refractivity contribution in [3.05, 3.63) is 72.4 Å². The number of furan rings is 1. The zero-order chi connectivity index (χ0) is 26.1. The maximum atomic E-state index is 13.4. The molecule has 5 aromatic rings. The largest absolute Gasteiger partial charge is 0.481 e. The molecule has 0 N–H and O–H groups in total. The van der Waals surface area contributed by atoms with Crippen LogP contribution in [-0.2, 0) is 6.54 Å². The van der Waals surface area contributed by atoms with Gasteiger partial charge in [-0.25, -0.2) is 4.98 Å². The molecule has 0 aliphatic carbocycles. The van der Waals surface area contributed by atoms with Gasteiger partial charge in [0, 0.05) is 49.3 Å². The van der Waals surface area contributed by atoms with Crippen LogP contribution >= 0.6 is 0 Å². The van der Waals surface area contributed by atoms with E-state index in [0.29, 0.717) is 67.3 Å². The van der Waals surface area contributed by atoms with Crippen LogP contribution in [-0.4, -0.2) is 76.0 Å². The summed E-state index contributed by atoms with van der Waals surface area (Å²) >= 11 is 0. The standard InChI is InChI=1S/C28H26N6O4/c1-36-25-14-26(37-2)32-24(31-25)17-33-9-11-34(12-10-33)28(35)21-8-7-19-15-29-16-20(27(19)30-21)23-13-18-5-3-4-6-22(18)38-23/h3-8,13-16H,9-12,17H2,1-2H3. The molecule has 0 bridgehead atoms. The van der Waals surface area contributed by atoms with E-state index in [9.17, 15) is 4.79 Å². The summed E-state index contributed by atoms with van der Waals surface area (Å²) in [7, 11) is 3.12. The van der Waals surface area contributed by atoms with Crippen molar-refractivity contribution in [2.24, 2.45) is 0 Å². The van der Waals surface area contributed by atoms with Crippen LogP contribution in [0.2, 0.25) is 0 Å². The number of nitrogens with zero attached hydrogens (tertiary/aromatic N) is 6. The molecule has 192 valence electrons. The third-order valence-electron chi connectivity index (χ3n) is 6.68. The van der Waals surface area contributed by atoms with Gasteiger partial charge < -0.3 is 18.8 Å². The number of methoxy groups -OCH3 is 2. The van der Waals surface area contributed by atoms with Crippen LogP contribution in [0.1, 0.15) is 16.3 Å². The Morgan fingerprint density at radius 1 is 0.895 bits per heavy atom. The van der Waals surface area contributed by atoms with Gasteiger partial charge in [0.25, 0.3) is 5.91 Å². The Bertz CT molecular complexity index is 1570. The van der Waals surface area contributed by atoms with Gasteiger partial charge in [0.2, 0.25) is 11.8 Å². The summed E-state index contributed by atoms with van der Waals surface area (Å²) in [5.74, 6) is 2.11. The molecular formula is C28H26N6O4. The van der Waals surface area contributed by atoms with Crippen molar-refractivity contribution in [3.63, 3.8) is 0 Å². The maximum Gasteiger partial charge on any atom is 0.272 e. The van der Waals surface area contributed by atoms with Crippen molar-refractivity contribution in [2.45, 2.75) is 6.54 Å². The van der Waals surface area contributed by atoms with Crippen LogP contribution in [0.15, 0.2) is 65.3 Å². The minimum atomic E-state index is -0.0989. The number of rotatable bonds is 6. The van der Waals surface area contributed by atoms with Gasteiger partial charge in [-0.1, -0.05) is 18.2 Å². The zero-order valence-corrected chi connectivity index (χ0v) is 21.1. The van der Waals surface area contributed by atoms with Crippen molar-refractivity contribution < 1.29 is 18.7 Å². The molecule has 0 spiro atoms. The van der Waals surface area contributed by atoms with Gasteiger partial charge >= 0.3 is 0 Å². The Balaban J connectivity index is 1.19. The van der Waals surface area contributed by atoms with Gasteiger partial charge in [-0.05, 0) is 24.3 Å². The van der Waals surface area contributed by atoms with Crippen LogP contribution in [0, 0.1) is 0 Å². The summed E-state index contributed by atoms with van der Waals surface area (Å²) in [5.41, 5.74) is 2.64. The number of carbonyl (C=O) groups excluding carboxylic acids is 1. The van der Waals surface area contributed by atoms with Gasteiger partial charge in [0.15, 0.2) is 0 Å². The molecule has 1 aliphatic rings. The van der Waals surface area contributed by atoms with Crippen LogP contribution in [0.5, 0.6) is 11.8 Å². The molecule has 1 aromatic carbocycles. The molecule has 5 heterocycles. The maximum absolute atomic E-state index is 13.4. The van der Waals surface area contributed by atoms with Gasteiger partial charge in [-0.3, -0.25) is 14.7 Å². The topological polar surface area (TPSA) is 107 Å². The Kier molecular flexibility index (Phi) is 6.30. The highest BCUT2D eigenvalue weighted by Gasteiger charge is 2.24. The number of carbonyl (C=O) groups is 1. The predicted molar refractivity (Wildman–Crippen MR) is 141 cm³/mol. The lowest BCUT2D eigenvalue weighted by Gasteiger charge is -2.34. The number of hydrogen-bond acceptors (Lipinski definition) is 9. The molecule has 0 radical (unpaired) electrons. The van der Waals surface area contributed by atoms with Gasteiger partial charge in [-0.2, -0.15) is 9.97 Å². The lowest BCUT2D eigenvalue weighted by atomic mass is 10.1. The zero-order valence-electron chi connectivity index (χ0n) is 21.1. The van der Waals surface area contributed by atoms with Crippen molar-refractivity contribution in [3.8, 4) is 23.1 Å². The van der Waals surface area contributed by atoms with E-state index in [0.717, 1.165) is 21.9 Å². The summed E-state index contributed by atoms with van der Waals surface area (Å²) in [6.45, 7) is 3.07. The number of piperazine rings is 1. The van der Waals surface area contributed by atoms with Crippen LogP contribution in [0.3, 0.4) is 0 Å². The Hall–Kier alpha value is -4.57. The second kappa shape index (κ2) is 10.1. The number of fused-ring (bicyclic) bond motifs is 2. The second-order valence-corrected chi connectivity index (χ2v) is 9.04. The first-order valence-electron chi connectivity index (χ1n) is 12.3. The average Bonchev–Trinajstić information content (AvgIpc) is 3.40. The summed E-state index contributed by atoms with van der Waals surface area (Å²) in [5, 5.41) is 1.85. The summed E-state index contributed by atoms with van der Waals surface area (Å²) in [4.78, 5) is 35.4. The second-order valence-electron chi connectivity index (χ2n) is 9.04. The van der Waals surface area contributed by atoms with E-state index in [2.05, 4.69) is 19.9 Å². The number of amides is 1. The smallest absolute Gasteiger partial charge is 0.272 e. The lowest BCUT2D eigenvalue weighted by molar-refractivity contribution is 0.0619. The van der Waals surface area contributed by atoms with E-state index in [4.69, 9.17) is 18.9 Å². The third-order valence-corrected chi connectivity index (χ3v) is 6.68. The first-order valence-corrected chi connectivity index (χ1v) is 12.3. The van der Waals surface area contributed by atoms with Crippen LogP contribution < -0.4 is 9.47 Å². The van der Waals surface area contributed by atoms with Crippen LogP contribution in [0.25, 0.3) is 33.2 Å². The minimum Gasteiger partial charge on any atom is -0.481 e. The molecule has 1 amide bonds. The number of ether oxygens (including phenoxy) is 2. The molecule has 1 aliphatic heterocycles. The molecule has 6 rings (SSSR count). The van der Waals surface area contributed by atoms with Crippen LogP contribution in [0.4, 0.5) is 0 Å². The Morgan fingerprint density at radius 3 is 2.39 bits per heavy atom. The molecule has 4 aromatic heterocycles. The first-order chi connectivity index (χ1) is 18.6. The van der Waals surface area contributed by atoms with E-state index in [1.165, 1.54) is 0 Å². The van der Waals surface area contributed by atoms with E-state index < -0.39 is 0 Å². The molecule has 0 atom stereocenters. The van der Waals surface area contributed by atoms with Crippen molar-refractivity contribution >= 4 is 27.8 Å². The molecule has 1 saturated heterocycles. The highest BCUT2D eigenvalue weighted by atomic mass is 16.5. The molecule has 38 heavy (non-hydrogen) atoms. The molecule has 10 nitrogen and oxygen atoms in total. The summed E-state index contributed by atoms with van der Waals surface area (Å²) < 4.78 is 16.6. The quantitative estimate of drug-likeness (QED) is 0.337. The fraction of sp³-hybridized carbons (Fsp3) is 0.250. The van der Waals surface area contributed by atoms with Gasteiger partial charge in [0.1, 0.15) is 22.9 Å². The number of para-hydroxylation sites is 1. The summed E-state index contributed by atoms with van der Waals surface area (Å²) in [6, 6.07) is 15.1. The third kappa shape index (κ3) is 4.61. The van der Waals surface area contributed by atoms with Gasteiger partial charge in [-0.15, -0.1) is 0 Å². The summed E-state index contributed by atoms with van der Waals surface area (Å²) in [6.07, 6.45) is 3.48. The fourth-order valence-corrected chi connectivity index (χ4v) is 4.66.